The van der Waals surface area contributed by atoms with Gasteiger partial charge >= 0.3 is 7.44 Å². The molecular weight excluding hydrogens is 317 g/mol. The van der Waals surface area contributed by atoms with Gasteiger partial charge in [-0.05, 0) is 18.6 Å². The molecule has 0 saturated carbocycles. The Morgan fingerprint density at radius 2 is 1.94 bits per heavy atom. The van der Waals surface area contributed by atoms with Crippen LogP contribution in [0.4, 0.5) is 11.4 Å². The van der Waals surface area contributed by atoms with Crippen molar-refractivity contribution in [2.75, 3.05) is 16.8 Å². The molecule has 0 aliphatic carbocycles. The average molecular weight is 330 g/mol. The monoisotopic (exact) mass is 328 g/mol. The minimum atomic E-state index is -3.34. The summed E-state index contributed by atoms with van der Waals surface area (Å²) < 4.78 is 15.9. The van der Waals surface area contributed by atoms with E-state index in [1.165, 1.54) is 0 Å². The van der Waals surface area contributed by atoms with E-state index in [1.54, 1.807) is 18.2 Å². The Bertz CT molecular complexity index is 504. The lowest BCUT2D eigenvalue weighted by Crippen LogP contribution is -2.12. The topological polar surface area (TPSA) is 50.4 Å². The second-order valence-electron chi connectivity index (χ2n) is 3.86. The van der Waals surface area contributed by atoms with Crippen molar-refractivity contribution in [1.82, 2.24) is 0 Å². The summed E-state index contributed by atoms with van der Waals surface area (Å²) >= 11 is 17.1. The van der Waals surface area contributed by atoms with E-state index in [4.69, 9.17) is 39.5 Å². The van der Waals surface area contributed by atoms with E-state index in [2.05, 4.69) is 10.2 Å². The van der Waals surface area contributed by atoms with Crippen LogP contribution in [-0.4, -0.2) is 10.1 Å². The smallest absolute Gasteiger partial charge is 0.308 e. The largest absolute Gasteiger partial charge is 0.494 e. The van der Waals surface area contributed by atoms with Crippen LogP contribution in [0.2, 0.25) is 0 Å². The third-order valence-electron chi connectivity index (χ3n) is 2.38. The first-order chi connectivity index (χ1) is 8.36. The van der Waals surface area contributed by atoms with Gasteiger partial charge in [0.2, 0.25) is 0 Å². The standard InChI is InChI=1S/C10H12Cl3N2O2P/c1-2-5-17-7-3-4-8-9(6-7)15-18(16,14-8)10(11,12)13/h3-4,6H,2,5H2,1H3,(H2,14,15,16). The highest BCUT2D eigenvalue weighted by Crippen LogP contribution is 2.68. The van der Waals surface area contributed by atoms with Crippen molar-refractivity contribution in [2.45, 2.75) is 16.9 Å². The van der Waals surface area contributed by atoms with Gasteiger partial charge in [0.15, 0.2) is 0 Å². The molecule has 1 aromatic rings. The molecule has 1 atom stereocenters. The fourth-order valence-corrected chi connectivity index (χ4v) is 3.65. The number of anilines is 2. The summed E-state index contributed by atoms with van der Waals surface area (Å²) in [6.45, 7) is 2.64. The summed E-state index contributed by atoms with van der Waals surface area (Å²) in [6.07, 6.45) is 0.912. The predicted octanol–water partition coefficient (Wildman–Crippen LogP) is 4.83. The third-order valence-corrected chi connectivity index (χ3v) is 6.34. The molecule has 1 heterocycles. The van der Waals surface area contributed by atoms with Gasteiger partial charge in [-0.3, -0.25) is 4.57 Å². The molecule has 0 amide bonds. The first-order valence-corrected chi connectivity index (χ1v) is 8.20. The molecule has 18 heavy (non-hydrogen) atoms. The maximum absolute atomic E-state index is 12.4. The van der Waals surface area contributed by atoms with Gasteiger partial charge in [-0.25, -0.2) is 0 Å². The Morgan fingerprint density at radius 3 is 2.56 bits per heavy atom. The Balaban J connectivity index is 2.23. The van der Waals surface area contributed by atoms with Crippen molar-refractivity contribution in [3.8, 4) is 5.75 Å². The van der Waals surface area contributed by atoms with Gasteiger partial charge < -0.3 is 14.9 Å². The molecule has 0 saturated heterocycles. The number of alkyl halides is 3. The number of rotatable bonds is 3. The highest BCUT2D eigenvalue weighted by atomic mass is 35.6. The number of ether oxygens (including phenoxy) is 1. The van der Waals surface area contributed by atoms with Crippen molar-refractivity contribution in [1.29, 1.82) is 0 Å². The van der Waals surface area contributed by atoms with Crippen LogP contribution in [0, 0.1) is 0 Å². The molecule has 0 fully saturated rings. The van der Waals surface area contributed by atoms with Crippen LogP contribution in [-0.2, 0) is 4.57 Å². The van der Waals surface area contributed by atoms with Gasteiger partial charge in [0, 0.05) is 6.07 Å². The van der Waals surface area contributed by atoms with Gasteiger partial charge in [0.1, 0.15) is 5.75 Å². The molecular formula is C10H12Cl3N2O2P. The van der Waals surface area contributed by atoms with Gasteiger partial charge in [-0.15, -0.1) is 0 Å². The number of hydrogen-bond donors (Lipinski definition) is 2. The first-order valence-electron chi connectivity index (χ1n) is 5.36. The zero-order valence-electron chi connectivity index (χ0n) is 9.54. The molecule has 1 aliphatic rings. The molecule has 0 aromatic heterocycles. The highest BCUT2D eigenvalue weighted by Gasteiger charge is 2.48. The number of nitrogens with one attached hydrogen (secondary N) is 2. The second kappa shape index (κ2) is 5.01. The predicted molar refractivity (Wildman–Crippen MR) is 77.4 cm³/mol. The molecule has 0 spiro atoms. The number of benzene rings is 1. The summed E-state index contributed by atoms with van der Waals surface area (Å²) in [6, 6.07) is 5.24. The summed E-state index contributed by atoms with van der Waals surface area (Å²) in [5.74, 6) is 0.683. The van der Waals surface area contributed by atoms with Crippen LogP contribution in [0.25, 0.3) is 0 Å². The van der Waals surface area contributed by atoms with Crippen molar-refractivity contribution in [2.24, 2.45) is 0 Å². The fourth-order valence-electron chi connectivity index (χ4n) is 1.52. The zero-order chi connectivity index (χ0) is 13.4. The Hall–Kier alpha value is -0.280. The van der Waals surface area contributed by atoms with E-state index in [-0.39, 0.29) is 0 Å². The summed E-state index contributed by atoms with van der Waals surface area (Å²) in [5, 5.41) is 5.46. The van der Waals surface area contributed by atoms with E-state index < -0.39 is 11.0 Å². The van der Waals surface area contributed by atoms with E-state index in [0.717, 1.165) is 6.42 Å². The third kappa shape index (κ3) is 2.67. The van der Waals surface area contributed by atoms with Crippen LogP contribution in [0.3, 0.4) is 0 Å². The highest BCUT2D eigenvalue weighted by molar-refractivity contribution is 7.74. The summed E-state index contributed by atoms with van der Waals surface area (Å²) in [4.78, 5) is 0. The van der Waals surface area contributed by atoms with Crippen LogP contribution in [0.5, 0.6) is 5.75 Å². The normalized spacial score (nSPS) is 22.0. The maximum Gasteiger partial charge on any atom is 0.308 e. The molecule has 2 N–H and O–H groups in total. The van der Waals surface area contributed by atoms with Gasteiger partial charge in [-0.1, -0.05) is 41.7 Å². The number of hydrogen-bond acceptors (Lipinski definition) is 2. The first kappa shape index (κ1) is 14.1. The van der Waals surface area contributed by atoms with Crippen LogP contribution in [0.1, 0.15) is 13.3 Å². The Morgan fingerprint density at radius 1 is 1.28 bits per heavy atom. The van der Waals surface area contributed by atoms with E-state index in [0.29, 0.717) is 23.7 Å². The van der Waals surface area contributed by atoms with Crippen molar-refractivity contribution >= 4 is 53.6 Å². The summed E-state index contributed by atoms with van der Waals surface area (Å²) in [5.41, 5.74) is 1.24. The molecule has 8 heteroatoms. The summed E-state index contributed by atoms with van der Waals surface area (Å²) in [7, 11) is -3.34. The SMILES string of the molecule is CCCOc1ccc2c(c1)NP(=O)(C(Cl)(Cl)Cl)N2. The molecule has 4 nitrogen and oxygen atoms in total. The quantitative estimate of drug-likeness (QED) is 0.616. The van der Waals surface area contributed by atoms with E-state index in [1.807, 2.05) is 6.92 Å². The molecule has 1 aromatic carbocycles. The second-order valence-corrected chi connectivity index (χ2v) is 9.26. The Kier molecular flexibility index (Phi) is 3.93. The molecule has 2 rings (SSSR count). The van der Waals surface area contributed by atoms with Crippen LogP contribution in [0.15, 0.2) is 18.2 Å². The van der Waals surface area contributed by atoms with Crippen molar-refractivity contribution < 1.29 is 9.30 Å². The average Bonchev–Trinajstić information content (AvgIpc) is 2.62. The van der Waals surface area contributed by atoms with Gasteiger partial charge in [0.25, 0.3) is 3.53 Å². The van der Waals surface area contributed by atoms with Crippen LogP contribution >= 0.6 is 42.2 Å². The lowest BCUT2D eigenvalue weighted by molar-refractivity contribution is 0.317. The lowest BCUT2D eigenvalue weighted by Gasteiger charge is -2.20. The molecule has 0 bridgehead atoms. The zero-order valence-corrected chi connectivity index (χ0v) is 12.7. The minimum absolute atomic E-state index is 0.610. The van der Waals surface area contributed by atoms with Crippen molar-refractivity contribution in [3.05, 3.63) is 18.2 Å². The molecule has 0 radical (unpaired) electrons. The van der Waals surface area contributed by atoms with Gasteiger partial charge in [-0.2, -0.15) is 0 Å². The molecule has 1 aliphatic heterocycles. The fraction of sp³-hybridized carbons (Fsp3) is 0.400. The molecule has 1 unspecified atom stereocenters. The number of halogens is 3. The Labute approximate surface area is 120 Å². The lowest BCUT2D eigenvalue weighted by atomic mass is 10.2. The molecule has 100 valence electrons. The van der Waals surface area contributed by atoms with Gasteiger partial charge in [0.05, 0.1) is 18.0 Å². The van der Waals surface area contributed by atoms with E-state index >= 15 is 0 Å². The van der Waals surface area contributed by atoms with Crippen molar-refractivity contribution in [3.63, 3.8) is 0 Å². The maximum atomic E-state index is 12.4. The van der Waals surface area contributed by atoms with Crippen LogP contribution < -0.4 is 14.9 Å². The number of fused-ring (bicyclic) bond motifs is 1. The minimum Gasteiger partial charge on any atom is -0.494 e. The van der Waals surface area contributed by atoms with E-state index in [9.17, 15) is 4.57 Å².